The molecule has 102 valence electrons. The van der Waals surface area contributed by atoms with Gasteiger partial charge in [-0.1, -0.05) is 0 Å². The van der Waals surface area contributed by atoms with E-state index in [1.807, 2.05) is 0 Å². The van der Waals surface area contributed by atoms with Crippen LogP contribution in [0.4, 0.5) is 0 Å². The van der Waals surface area contributed by atoms with Crippen LogP contribution < -0.4 is 10.6 Å². The second kappa shape index (κ2) is 5.68. The first-order valence-corrected chi connectivity index (χ1v) is 6.88. The first kappa shape index (κ1) is 14.9. The summed E-state index contributed by atoms with van der Waals surface area (Å²) in [6.45, 7) is 11.5. The standard InChI is InChI=1S/C14H31N3/c1-13(2)10-12(11-14(3,4)16-13)15-8-7-9-17(5)6/h12,15-16H,7-11H2,1-6H3. The molecule has 1 rings (SSSR count). The fraction of sp³-hybridized carbons (Fsp3) is 1.00. The molecule has 0 bridgehead atoms. The van der Waals surface area contributed by atoms with Crippen molar-refractivity contribution in [1.29, 1.82) is 0 Å². The lowest BCUT2D eigenvalue weighted by atomic mass is 9.79. The van der Waals surface area contributed by atoms with E-state index in [2.05, 4.69) is 57.3 Å². The van der Waals surface area contributed by atoms with Crippen molar-refractivity contribution >= 4 is 0 Å². The van der Waals surface area contributed by atoms with E-state index in [-0.39, 0.29) is 11.1 Å². The van der Waals surface area contributed by atoms with Gasteiger partial charge in [-0.2, -0.15) is 0 Å². The van der Waals surface area contributed by atoms with Gasteiger partial charge in [0.05, 0.1) is 0 Å². The van der Waals surface area contributed by atoms with Crippen LogP contribution in [0.25, 0.3) is 0 Å². The molecular weight excluding hydrogens is 210 g/mol. The molecule has 1 heterocycles. The lowest BCUT2D eigenvalue weighted by molar-refractivity contribution is 0.146. The van der Waals surface area contributed by atoms with Gasteiger partial charge in [0.2, 0.25) is 0 Å². The average Bonchev–Trinajstić information content (AvgIpc) is 2.06. The molecule has 0 amide bonds. The number of nitrogens with one attached hydrogen (secondary N) is 2. The Morgan fingerprint density at radius 2 is 1.65 bits per heavy atom. The molecule has 0 aromatic heterocycles. The zero-order chi connectivity index (χ0) is 13.1. The van der Waals surface area contributed by atoms with Crippen LogP contribution in [0.2, 0.25) is 0 Å². The number of nitrogens with zero attached hydrogens (tertiary/aromatic N) is 1. The van der Waals surface area contributed by atoms with Crippen LogP contribution in [0.1, 0.15) is 47.0 Å². The molecule has 3 heteroatoms. The summed E-state index contributed by atoms with van der Waals surface area (Å²) in [5.41, 5.74) is 0.502. The normalized spacial score (nSPS) is 24.2. The Morgan fingerprint density at radius 3 is 2.12 bits per heavy atom. The van der Waals surface area contributed by atoms with Crippen LogP contribution in [-0.2, 0) is 0 Å². The van der Waals surface area contributed by atoms with Gasteiger partial charge >= 0.3 is 0 Å². The number of hydrogen-bond donors (Lipinski definition) is 2. The second-order valence-corrected chi connectivity index (χ2v) is 7.11. The number of piperidine rings is 1. The Hall–Kier alpha value is -0.120. The van der Waals surface area contributed by atoms with Crippen LogP contribution in [0.5, 0.6) is 0 Å². The molecule has 0 atom stereocenters. The summed E-state index contributed by atoms with van der Waals surface area (Å²) in [7, 11) is 4.27. The van der Waals surface area contributed by atoms with Crippen molar-refractivity contribution in [3.8, 4) is 0 Å². The molecule has 0 aromatic rings. The van der Waals surface area contributed by atoms with Gasteiger partial charge in [-0.3, -0.25) is 0 Å². The van der Waals surface area contributed by atoms with Crippen LogP contribution >= 0.6 is 0 Å². The Kier molecular flexibility index (Phi) is 4.99. The molecule has 1 aliphatic heterocycles. The van der Waals surface area contributed by atoms with Crippen LogP contribution in [0, 0.1) is 0 Å². The maximum absolute atomic E-state index is 3.72. The fourth-order valence-electron chi connectivity index (χ4n) is 3.17. The summed E-state index contributed by atoms with van der Waals surface area (Å²) in [6.07, 6.45) is 3.68. The predicted molar refractivity (Wildman–Crippen MR) is 75.5 cm³/mol. The first-order chi connectivity index (χ1) is 7.70. The topological polar surface area (TPSA) is 27.3 Å². The third kappa shape index (κ3) is 5.84. The van der Waals surface area contributed by atoms with E-state index in [1.165, 1.54) is 25.8 Å². The molecule has 2 N–H and O–H groups in total. The molecule has 0 unspecified atom stereocenters. The van der Waals surface area contributed by atoms with Gasteiger partial charge in [-0.15, -0.1) is 0 Å². The minimum atomic E-state index is 0.251. The fourth-order valence-corrected chi connectivity index (χ4v) is 3.17. The largest absolute Gasteiger partial charge is 0.314 e. The van der Waals surface area contributed by atoms with Crippen molar-refractivity contribution in [2.45, 2.75) is 64.1 Å². The SMILES string of the molecule is CN(C)CCCNC1CC(C)(C)NC(C)(C)C1. The average molecular weight is 241 g/mol. The smallest absolute Gasteiger partial charge is 0.0144 e. The van der Waals surface area contributed by atoms with Crippen molar-refractivity contribution in [2.75, 3.05) is 27.2 Å². The predicted octanol–water partition coefficient (Wildman–Crippen LogP) is 1.84. The lowest BCUT2D eigenvalue weighted by Crippen LogP contribution is -2.61. The molecule has 1 aliphatic rings. The highest BCUT2D eigenvalue weighted by Crippen LogP contribution is 2.28. The third-order valence-corrected chi connectivity index (χ3v) is 3.41. The molecule has 1 saturated heterocycles. The first-order valence-electron chi connectivity index (χ1n) is 6.88. The summed E-state index contributed by atoms with van der Waals surface area (Å²) in [4.78, 5) is 2.25. The zero-order valence-electron chi connectivity index (χ0n) is 12.6. The quantitative estimate of drug-likeness (QED) is 0.719. The molecule has 0 radical (unpaired) electrons. The molecule has 0 spiro atoms. The van der Waals surface area contributed by atoms with E-state index in [9.17, 15) is 0 Å². The van der Waals surface area contributed by atoms with Crippen molar-refractivity contribution < 1.29 is 0 Å². The van der Waals surface area contributed by atoms with Gasteiger partial charge in [0.25, 0.3) is 0 Å². The highest BCUT2D eigenvalue weighted by molar-refractivity contribution is 4.99. The van der Waals surface area contributed by atoms with Gasteiger partial charge in [0, 0.05) is 17.1 Å². The Labute approximate surface area is 107 Å². The van der Waals surface area contributed by atoms with Crippen molar-refractivity contribution in [1.82, 2.24) is 15.5 Å². The number of hydrogen-bond acceptors (Lipinski definition) is 3. The summed E-state index contributed by atoms with van der Waals surface area (Å²) < 4.78 is 0. The van der Waals surface area contributed by atoms with E-state index >= 15 is 0 Å². The van der Waals surface area contributed by atoms with Crippen LogP contribution in [-0.4, -0.2) is 49.2 Å². The Morgan fingerprint density at radius 1 is 1.12 bits per heavy atom. The van der Waals surface area contributed by atoms with Crippen LogP contribution in [0.3, 0.4) is 0 Å². The molecule has 0 aliphatic carbocycles. The summed E-state index contributed by atoms with van der Waals surface area (Å²) in [6, 6.07) is 0.656. The second-order valence-electron chi connectivity index (χ2n) is 7.11. The summed E-state index contributed by atoms with van der Waals surface area (Å²) in [5, 5.41) is 7.44. The van der Waals surface area contributed by atoms with E-state index < -0.39 is 0 Å². The Bertz CT molecular complexity index is 218. The summed E-state index contributed by atoms with van der Waals surface area (Å²) in [5.74, 6) is 0. The highest BCUT2D eigenvalue weighted by Gasteiger charge is 2.37. The molecule has 3 nitrogen and oxygen atoms in total. The van der Waals surface area contributed by atoms with E-state index in [1.54, 1.807) is 0 Å². The minimum absolute atomic E-state index is 0.251. The Balaban J connectivity index is 2.33. The van der Waals surface area contributed by atoms with Crippen molar-refractivity contribution in [3.63, 3.8) is 0 Å². The molecular formula is C14H31N3. The zero-order valence-corrected chi connectivity index (χ0v) is 12.6. The van der Waals surface area contributed by atoms with Gasteiger partial charge < -0.3 is 15.5 Å². The van der Waals surface area contributed by atoms with E-state index in [4.69, 9.17) is 0 Å². The molecule has 1 fully saturated rings. The monoisotopic (exact) mass is 241 g/mol. The van der Waals surface area contributed by atoms with E-state index in [0.717, 1.165) is 6.54 Å². The van der Waals surface area contributed by atoms with Crippen molar-refractivity contribution in [2.24, 2.45) is 0 Å². The minimum Gasteiger partial charge on any atom is -0.314 e. The molecule has 0 aromatic carbocycles. The molecule has 17 heavy (non-hydrogen) atoms. The van der Waals surface area contributed by atoms with Crippen molar-refractivity contribution in [3.05, 3.63) is 0 Å². The molecule has 0 saturated carbocycles. The summed E-state index contributed by atoms with van der Waals surface area (Å²) >= 11 is 0. The van der Waals surface area contributed by atoms with E-state index in [0.29, 0.717) is 6.04 Å². The maximum Gasteiger partial charge on any atom is 0.0144 e. The highest BCUT2D eigenvalue weighted by atomic mass is 15.1. The maximum atomic E-state index is 3.72. The van der Waals surface area contributed by atoms with Gasteiger partial charge in [0.15, 0.2) is 0 Å². The third-order valence-electron chi connectivity index (χ3n) is 3.41. The van der Waals surface area contributed by atoms with Crippen LogP contribution in [0.15, 0.2) is 0 Å². The van der Waals surface area contributed by atoms with Gasteiger partial charge in [0.1, 0.15) is 0 Å². The number of rotatable bonds is 5. The van der Waals surface area contributed by atoms with Gasteiger partial charge in [-0.25, -0.2) is 0 Å². The van der Waals surface area contributed by atoms with Gasteiger partial charge in [-0.05, 0) is 74.1 Å². The lowest BCUT2D eigenvalue weighted by Gasteiger charge is -2.46.